The number of likely N-dealkylation sites (N-methyl/N-ethyl adjacent to an activating group) is 1. The predicted molar refractivity (Wildman–Crippen MR) is 50.4 cm³/mol. The van der Waals surface area contributed by atoms with Crippen molar-refractivity contribution in [1.29, 1.82) is 0 Å². The maximum absolute atomic E-state index is 5.98. The van der Waals surface area contributed by atoms with Gasteiger partial charge in [0.25, 0.3) is 0 Å². The fourth-order valence-electron chi connectivity index (χ4n) is 4.06. The quantitative estimate of drug-likeness (QED) is 0.532. The molecular formula is C11H15NO2. The third kappa shape index (κ3) is 0.630. The lowest BCUT2D eigenvalue weighted by Gasteiger charge is -2.32. The fraction of sp³-hybridized carbons (Fsp3) is 0.818. The van der Waals surface area contributed by atoms with Crippen LogP contribution in [-0.2, 0) is 9.57 Å². The van der Waals surface area contributed by atoms with Crippen molar-refractivity contribution >= 4 is 0 Å². The zero-order chi connectivity index (χ0) is 9.34. The summed E-state index contributed by atoms with van der Waals surface area (Å²) in [6.45, 7) is 1.75. The number of nitrogens with zero attached hydrogens (tertiary/aromatic N) is 1. The highest BCUT2D eigenvalue weighted by atomic mass is 16.7. The van der Waals surface area contributed by atoms with E-state index >= 15 is 0 Å². The molecule has 3 fully saturated rings. The third-order valence-electron chi connectivity index (χ3n) is 4.69. The van der Waals surface area contributed by atoms with Crippen LogP contribution in [0.3, 0.4) is 0 Å². The Hall–Kier alpha value is -0.380. The molecule has 0 aromatic carbocycles. The van der Waals surface area contributed by atoms with Crippen LogP contribution in [0, 0.1) is 17.3 Å². The molecule has 0 N–H and O–H groups in total. The van der Waals surface area contributed by atoms with Crippen molar-refractivity contribution < 1.29 is 9.57 Å². The SMILES string of the molecule is CN1O[C@@H]2[C@H]3C=C[C@H](C3)[C@@]23COC[C@@H]13. The lowest BCUT2D eigenvalue weighted by atomic mass is 9.71. The van der Waals surface area contributed by atoms with Gasteiger partial charge in [-0.25, -0.2) is 0 Å². The van der Waals surface area contributed by atoms with Gasteiger partial charge in [-0.05, 0) is 12.3 Å². The Morgan fingerprint density at radius 1 is 1.43 bits per heavy atom. The van der Waals surface area contributed by atoms with Gasteiger partial charge in [0.2, 0.25) is 0 Å². The average molecular weight is 193 g/mol. The Kier molecular flexibility index (Phi) is 1.25. The Labute approximate surface area is 83.6 Å². The van der Waals surface area contributed by atoms with E-state index in [0.29, 0.717) is 29.4 Å². The fourth-order valence-corrected chi connectivity index (χ4v) is 4.06. The van der Waals surface area contributed by atoms with Gasteiger partial charge in [0.1, 0.15) is 0 Å². The topological polar surface area (TPSA) is 21.7 Å². The first-order valence-electron chi connectivity index (χ1n) is 5.48. The van der Waals surface area contributed by atoms with Crippen LogP contribution in [0.25, 0.3) is 0 Å². The maximum atomic E-state index is 5.98. The molecule has 0 aromatic rings. The number of hydroxylamine groups is 2. The summed E-state index contributed by atoms with van der Waals surface area (Å²) in [5.74, 6) is 1.35. The molecular weight excluding hydrogens is 178 g/mol. The van der Waals surface area contributed by atoms with E-state index in [1.54, 1.807) is 0 Å². The second-order valence-corrected chi connectivity index (χ2v) is 5.11. The van der Waals surface area contributed by atoms with Crippen LogP contribution in [0.15, 0.2) is 12.2 Å². The molecule has 0 aromatic heterocycles. The second kappa shape index (κ2) is 2.23. The standard InChI is InChI=1S/C11H15NO2/c1-12-9-5-13-6-11(9)8-3-2-7(4-8)10(11)14-12/h2-3,7-10H,4-6H2,1H3/t7-,8+,9+,10+,11+/m0/s1. The first-order chi connectivity index (χ1) is 6.82. The molecule has 2 bridgehead atoms. The number of hydrogen-bond acceptors (Lipinski definition) is 3. The summed E-state index contributed by atoms with van der Waals surface area (Å²) in [5, 5.41) is 2.05. The van der Waals surface area contributed by atoms with Gasteiger partial charge in [-0.1, -0.05) is 12.2 Å². The van der Waals surface area contributed by atoms with Gasteiger partial charge in [0.15, 0.2) is 0 Å². The van der Waals surface area contributed by atoms with E-state index in [1.807, 2.05) is 5.06 Å². The van der Waals surface area contributed by atoms with Crippen LogP contribution in [0.5, 0.6) is 0 Å². The lowest BCUT2D eigenvalue weighted by molar-refractivity contribution is -0.163. The normalized spacial score (nSPS) is 59.5. The number of rotatable bonds is 0. The van der Waals surface area contributed by atoms with Crippen molar-refractivity contribution in [3.8, 4) is 0 Å². The van der Waals surface area contributed by atoms with E-state index in [2.05, 4.69) is 19.2 Å². The highest BCUT2D eigenvalue weighted by molar-refractivity contribution is 5.25. The van der Waals surface area contributed by atoms with Crippen LogP contribution in [0.1, 0.15) is 6.42 Å². The molecule has 4 rings (SSSR count). The Morgan fingerprint density at radius 2 is 2.36 bits per heavy atom. The summed E-state index contributed by atoms with van der Waals surface area (Å²) in [7, 11) is 2.05. The molecule has 2 saturated heterocycles. The van der Waals surface area contributed by atoms with Crippen molar-refractivity contribution in [3.05, 3.63) is 12.2 Å². The molecule has 1 saturated carbocycles. The number of ether oxygens (including phenoxy) is 1. The van der Waals surface area contributed by atoms with Crippen LogP contribution >= 0.6 is 0 Å². The minimum atomic E-state index is 0.300. The Morgan fingerprint density at radius 3 is 3.29 bits per heavy atom. The van der Waals surface area contributed by atoms with Crippen molar-refractivity contribution in [2.75, 3.05) is 20.3 Å². The lowest BCUT2D eigenvalue weighted by Crippen LogP contribution is -2.43. The summed E-state index contributed by atoms with van der Waals surface area (Å²) in [4.78, 5) is 5.98. The molecule has 0 radical (unpaired) electrons. The van der Waals surface area contributed by atoms with Gasteiger partial charge in [-0.15, -0.1) is 0 Å². The van der Waals surface area contributed by atoms with E-state index in [0.717, 1.165) is 13.2 Å². The molecule has 0 amide bonds. The van der Waals surface area contributed by atoms with Gasteiger partial charge in [0.05, 0.1) is 25.4 Å². The van der Waals surface area contributed by atoms with Crippen LogP contribution in [0.4, 0.5) is 0 Å². The van der Waals surface area contributed by atoms with E-state index in [9.17, 15) is 0 Å². The Balaban J connectivity index is 1.86. The van der Waals surface area contributed by atoms with E-state index in [-0.39, 0.29) is 0 Å². The highest BCUT2D eigenvalue weighted by Crippen LogP contribution is 2.61. The summed E-state index contributed by atoms with van der Waals surface area (Å²) in [5.41, 5.74) is 0.300. The number of fused-ring (bicyclic) bond motifs is 3. The minimum Gasteiger partial charge on any atom is -0.379 e. The van der Waals surface area contributed by atoms with Crippen LogP contribution < -0.4 is 0 Å². The molecule has 1 spiro atoms. The molecule has 3 nitrogen and oxygen atoms in total. The molecule has 4 aliphatic rings. The first kappa shape index (κ1) is 7.85. The molecule has 2 aliphatic heterocycles. The van der Waals surface area contributed by atoms with Crippen molar-refractivity contribution in [3.63, 3.8) is 0 Å². The molecule has 76 valence electrons. The molecule has 0 unspecified atom stereocenters. The molecule has 5 atom stereocenters. The summed E-state index contributed by atoms with van der Waals surface area (Å²) in [6, 6.07) is 0.493. The van der Waals surface area contributed by atoms with Gasteiger partial charge < -0.3 is 4.74 Å². The summed E-state index contributed by atoms with van der Waals surface area (Å²) in [6.07, 6.45) is 6.42. The third-order valence-corrected chi connectivity index (χ3v) is 4.69. The van der Waals surface area contributed by atoms with E-state index in [4.69, 9.17) is 9.57 Å². The molecule has 2 heterocycles. The van der Waals surface area contributed by atoms with Gasteiger partial charge >= 0.3 is 0 Å². The van der Waals surface area contributed by atoms with Gasteiger partial charge in [0, 0.05) is 18.4 Å². The van der Waals surface area contributed by atoms with Crippen molar-refractivity contribution in [1.82, 2.24) is 5.06 Å². The average Bonchev–Trinajstić information content (AvgIpc) is 2.84. The predicted octanol–water partition coefficient (Wildman–Crippen LogP) is 0.823. The largest absolute Gasteiger partial charge is 0.379 e. The Bertz CT molecular complexity index is 316. The number of allylic oxidation sites excluding steroid dienone is 1. The first-order valence-corrected chi connectivity index (χ1v) is 5.48. The molecule has 14 heavy (non-hydrogen) atoms. The van der Waals surface area contributed by atoms with Crippen molar-refractivity contribution in [2.45, 2.75) is 18.6 Å². The highest BCUT2D eigenvalue weighted by Gasteiger charge is 2.68. The maximum Gasteiger partial charge on any atom is 0.0956 e. The van der Waals surface area contributed by atoms with Crippen molar-refractivity contribution in [2.24, 2.45) is 17.3 Å². The summed E-state index contributed by atoms with van der Waals surface area (Å²) >= 11 is 0. The number of hydrogen-bond donors (Lipinski definition) is 0. The second-order valence-electron chi connectivity index (χ2n) is 5.11. The zero-order valence-electron chi connectivity index (χ0n) is 8.35. The van der Waals surface area contributed by atoms with Gasteiger partial charge in [-0.3, -0.25) is 4.84 Å². The smallest absolute Gasteiger partial charge is 0.0956 e. The minimum absolute atomic E-state index is 0.300. The van der Waals surface area contributed by atoms with E-state index in [1.165, 1.54) is 6.42 Å². The zero-order valence-corrected chi connectivity index (χ0v) is 8.35. The molecule has 2 aliphatic carbocycles. The summed E-state index contributed by atoms with van der Waals surface area (Å²) < 4.78 is 5.68. The monoisotopic (exact) mass is 193 g/mol. The molecule has 3 heteroatoms. The van der Waals surface area contributed by atoms with Crippen LogP contribution in [-0.4, -0.2) is 37.5 Å². The van der Waals surface area contributed by atoms with E-state index < -0.39 is 0 Å². The van der Waals surface area contributed by atoms with Gasteiger partial charge in [-0.2, -0.15) is 5.06 Å². The van der Waals surface area contributed by atoms with Crippen LogP contribution in [0.2, 0.25) is 0 Å².